The van der Waals surface area contributed by atoms with Crippen LogP contribution in [0.4, 0.5) is 16.0 Å². The molecule has 0 radical (unpaired) electrons. The number of benzene rings is 1. The number of nitrogens with zero attached hydrogens (tertiary/aromatic N) is 3. The SMILES string of the molecule is CCCCN(C)c1cc(NCCc2ccc(F)cc2)nc(C)n1. The molecule has 0 aliphatic carbocycles. The molecule has 0 saturated carbocycles. The van der Waals surface area contributed by atoms with Gasteiger partial charge in [0.2, 0.25) is 0 Å². The quantitative estimate of drug-likeness (QED) is 0.804. The molecule has 0 atom stereocenters. The molecule has 0 aliphatic rings. The average Bonchev–Trinajstić information content (AvgIpc) is 2.54. The monoisotopic (exact) mass is 316 g/mol. The highest BCUT2D eigenvalue weighted by Crippen LogP contribution is 2.15. The first kappa shape index (κ1) is 17.2. The second-order valence-electron chi connectivity index (χ2n) is 5.74. The van der Waals surface area contributed by atoms with Gasteiger partial charge >= 0.3 is 0 Å². The topological polar surface area (TPSA) is 41.0 Å². The molecule has 5 heteroatoms. The van der Waals surface area contributed by atoms with Gasteiger partial charge in [0.05, 0.1) is 0 Å². The molecule has 4 nitrogen and oxygen atoms in total. The maximum atomic E-state index is 12.9. The highest BCUT2D eigenvalue weighted by Gasteiger charge is 2.06. The number of hydrogen-bond donors (Lipinski definition) is 1. The van der Waals surface area contributed by atoms with Gasteiger partial charge in [-0.2, -0.15) is 0 Å². The van der Waals surface area contributed by atoms with Gasteiger partial charge in [-0.25, -0.2) is 14.4 Å². The highest BCUT2D eigenvalue weighted by atomic mass is 19.1. The molecule has 0 unspecified atom stereocenters. The lowest BCUT2D eigenvalue weighted by atomic mass is 10.1. The van der Waals surface area contributed by atoms with Crippen LogP contribution in [0.1, 0.15) is 31.2 Å². The molecule has 23 heavy (non-hydrogen) atoms. The van der Waals surface area contributed by atoms with Crippen LogP contribution < -0.4 is 10.2 Å². The fourth-order valence-corrected chi connectivity index (χ4v) is 2.33. The van der Waals surface area contributed by atoms with Gasteiger partial charge in [0, 0.05) is 26.2 Å². The van der Waals surface area contributed by atoms with Crippen molar-refractivity contribution in [3.63, 3.8) is 0 Å². The Balaban J connectivity index is 1.94. The minimum absolute atomic E-state index is 0.201. The predicted molar refractivity (Wildman–Crippen MR) is 93.5 cm³/mol. The maximum Gasteiger partial charge on any atom is 0.134 e. The van der Waals surface area contributed by atoms with E-state index in [4.69, 9.17) is 0 Å². The van der Waals surface area contributed by atoms with E-state index in [1.807, 2.05) is 25.1 Å². The van der Waals surface area contributed by atoms with Gasteiger partial charge in [-0.15, -0.1) is 0 Å². The number of halogens is 1. The number of hydrogen-bond acceptors (Lipinski definition) is 4. The van der Waals surface area contributed by atoms with E-state index < -0.39 is 0 Å². The molecule has 1 aromatic heterocycles. The number of aromatic nitrogens is 2. The van der Waals surface area contributed by atoms with E-state index in [-0.39, 0.29) is 5.82 Å². The van der Waals surface area contributed by atoms with E-state index in [0.717, 1.165) is 55.4 Å². The Labute approximate surface area is 137 Å². The lowest BCUT2D eigenvalue weighted by Crippen LogP contribution is -2.20. The molecule has 2 aromatic rings. The molecule has 2 rings (SSSR count). The normalized spacial score (nSPS) is 10.6. The molecule has 124 valence electrons. The Kier molecular flexibility index (Phi) is 6.32. The fraction of sp³-hybridized carbons (Fsp3) is 0.444. The Hall–Kier alpha value is -2.17. The van der Waals surface area contributed by atoms with Gasteiger partial charge in [0.1, 0.15) is 23.3 Å². The maximum absolute atomic E-state index is 12.9. The first-order valence-corrected chi connectivity index (χ1v) is 8.13. The van der Waals surface area contributed by atoms with Gasteiger partial charge in [-0.1, -0.05) is 25.5 Å². The van der Waals surface area contributed by atoms with Gasteiger partial charge in [-0.3, -0.25) is 0 Å². The van der Waals surface area contributed by atoms with Crippen molar-refractivity contribution in [1.82, 2.24) is 9.97 Å². The van der Waals surface area contributed by atoms with Crippen LogP contribution in [0.25, 0.3) is 0 Å². The molecule has 0 amide bonds. The second-order valence-corrected chi connectivity index (χ2v) is 5.74. The first-order chi connectivity index (χ1) is 11.1. The van der Waals surface area contributed by atoms with Crippen LogP contribution in [0.3, 0.4) is 0 Å². The molecular weight excluding hydrogens is 291 g/mol. The van der Waals surface area contributed by atoms with Gasteiger partial charge in [-0.05, 0) is 37.5 Å². The average molecular weight is 316 g/mol. The van der Waals surface area contributed by atoms with E-state index >= 15 is 0 Å². The van der Waals surface area contributed by atoms with Gasteiger partial charge in [0.15, 0.2) is 0 Å². The second kappa shape index (κ2) is 8.46. The lowest BCUT2D eigenvalue weighted by molar-refractivity contribution is 0.627. The van der Waals surface area contributed by atoms with Crippen LogP contribution in [-0.4, -0.2) is 30.1 Å². The molecule has 0 fully saturated rings. The molecule has 1 aromatic carbocycles. The minimum Gasteiger partial charge on any atom is -0.370 e. The largest absolute Gasteiger partial charge is 0.370 e. The van der Waals surface area contributed by atoms with Crippen molar-refractivity contribution in [3.05, 3.63) is 47.5 Å². The van der Waals surface area contributed by atoms with Crippen molar-refractivity contribution in [2.75, 3.05) is 30.4 Å². The predicted octanol–water partition coefficient (Wildman–Crippen LogP) is 3.82. The first-order valence-electron chi connectivity index (χ1n) is 8.13. The zero-order valence-corrected chi connectivity index (χ0v) is 14.1. The standard InChI is InChI=1S/C18H25FN4/c1-4-5-12-23(3)18-13-17(21-14(2)22-18)20-11-10-15-6-8-16(19)9-7-15/h6-9,13H,4-5,10-12H2,1-3H3,(H,20,21,22). The van der Waals surface area contributed by atoms with Crippen LogP contribution in [0, 0.1) is 12.7 Å². The Morgan fingerprint density at radius 2 is 1.91 bits per heavy atom. The Bertz CT molecular complexity index is 613. The van der Waals surface area contributed by atoms with Crippen molar-refractivity contribution in [3.8, 4) is 0 Å². The summed E-state index contributed by atoms with van der Waals surface area (Å²) in [4.78, 5) is 11.1. The van der Waals surface area contributed by atoms with E-state index in [0.29, 0.717) is 0 Å². The van der Waals surface area contributed by atoms with Crippen LogP contribution in [-0.2, 0) is 6.42 Å². The molecule has 1 N–H and O–H groups in total. The van der Waals surface area contributed by atoms with Crippen LogP contribution in [0.2, 0.25) is 0 Å². The summed E-state index contributed by atoms with van der Waals surface area (Å²) in [5.41, 5.74) is 1.10. The smallest absolute Gasteiger partial charge is 0.134 e. The number of anilines is 2. The Morgan fingerprint density at radius 3 is 2.61 bits per heavy atom. The molecule has 0 saturated heterocycles. The van der Waals surface area contributed by atoms with E-state index in [9.17, 15) is 4.39 Å². The molecule has 0 aliphatic heterocycles. The van der Waals surface area contributed by atoms with Crippen molar-refractivity contribution >= 4 is 11.6 Å². The summed E-state index contributed by atoms with van der Waals surface area (Å²) in [6.07, 6.45) is 3.13. The molecule has 0 spiro atoms. The summed E-state index contributed by atoms with van der Waals surface area (Å²) in [7, 11) is 2.06. The number of unbranched alkanes of at least 4 members (excludes halogenated alkanes) is 1. The number of nitrogens with one attached hydrogen (secondary N) is 1. The third-order valence-corrected chi connectivity index (χ3v) is 3.70. The van der Waals surface area contributed by atoms with E-state index in [1.165, 1.54) is 12.1 Å². The van der Waals surface area contributed by atoms with Crippen LogP contribution in [0.15, 0.2) is 30.3 Å². The summed E-state index contributed by atoms with van der Waals surface area (Å²) >= 11 is 0. The van der Waals surface area contributed by atoms with Crippen molar-refractivity contribution in [1.29, 1.82) is 0 Å². The summed E-state index contributed by atoms with van der Waals surface area (Å²) in [6.45, 7) is 5.83. The summed E-state index contributed by atoms with van der Waals surface area (Å²) in [5, 5.41) is 3.33. The zero-order valence-electron chi connectivity index (χ0n) is 14.1. The molecular formula is C18H25FN4. The van der Waals surface area contributed by atoms with E-state index in [2.05, 4.69) is 34.2 Å². The third kappa shape index (κ3) is 5.51. The van der Waals surface area contributed by atoms with Crippen LogP contribution >= 0.6 is 0 Å². The van der Waals surface area contributed by atoms with Crippen molar-refractivity contribution in [2.45, 2.75) is 33.1 Å². The van der Waals surface area contributed by atoms with Gasteiger partial charge in [0.25, 0.3) is 0 Å². The summed E-state index contributed by atoms with van der Waals surface area (Å²) in [6, 6.07) is 8.58. The van der Waals surface area contributed by atoms with Crippen molar-refractivity contribution < 1.29 is 4.39 Å². The summed E-state index contributed by atoms with van der Waals surface area (Å²) in [5.74, 6) is 2.33. The third-order valence-electron chi connectivity index (χ3n) is 3.70. The number of aryl methyl sites for hydroxylation is 1. The highest BCUT2D eigenvalue weighted by molar-refractivity contribution is 5.49. The number of rotatable bonds is 8. The minimum atomic E-state index is -0.201. The molecule has 1 heterocycles. The fourth-order valence-electron chi connectivity index (χ4n) is 2.33. The summed E-state index contributed by atoms with van der Waals surface area (Å²) < 4.78 is 12.9. The zero-order chi connectivity index (χ0) is 16.7. The van der Waals surface area contributed by atoms with E-state index in [1.54, 1.807) is 0 Å². The van der Waals surface area contributed by atoms with Crippen LogP contribution in [0.5, 0.6) is 0 Å². The lowest BCUT2D eigenvalue weighted by Gasteiger charge is -2.19. The van der Waals surface area contributed by atoms with Gasteiger partial charge < -0.3 is 10.2 Å². The van der Waals surface area contributed by atoms with Crippen molar-refractivity contribution in [2.24, 2.45) is 0 Å². The molecule has 0 bridgehead atoms. The Morgan fingerprint density at radius 1 is 1.17 bits per heavy atom.